The van der Waals surface area contributed by atoms with Crippen molar-refractivity contribution >= 4 is 22.7 Å². The quantitative estimate of drug-likeness (QED) is 0.132. The summed E-state index contributed by atoms with van der Waals surface area (Å²) in [6.07, 6.45) is 9.31. The minimum Gasteiger partial charge on any atom is -0.494 e. The van der Waals surface area contributed by atoms with Gasteiger partial charge in [0, 0.05) is 61.7 Å². The summed E-state index contributed by atoms with van der Waals surface area (Å²) in [4.78, 5) is 23.1. The third-order valence-electron chi connectivity index (χ3n) is 6.61. The van der Waals surface area contributed by atoms with Gasteiger partial charge in [-0.2, -0.15) is 0 Å². The van der Waals surface area contributed by atoms with Gasteiger partial charge in [0.1, 0.15) is 15.8 Å². The van der Waals surface area contributed by atoms with E-state index in [1.165, 1.54) is 11.1 Å². The molecular formula is C32H37N7OS2. The Labute approximate surface area is 255 Å². The monoisotopic (exact) mass is 599 g/mol. The number of thiazole rings is 2. The summed E-state index contributed by atoms with van der Waals surface area (Å²) in [5.41, 5.74) is 10.2. The predicted octanol–water partition coefficient (Wildman–Crippen LogP) is 5.91. The number of aromatic nitrogens is 4. The summed E-state index contributed by atoms with van der Waals surface area (Å²) in [5, 5.41) is 6.23. The normalized spacial score (nSPS) is 11.4. The van der Waals surface area contributed by atoms with E-state index in [2.05, 4.69) is 60.1 Å². The third kappa shape index (κ3) is 9.78. The van der Waals surface area contributed by atoms with Gasteiger partial charge in [-0.3, -0.25) is 19.8 Å². The molecule has 5 aromatic rings. The Morgan fingerprint density at radius 1 is 0.619 bits per heavy atom. The van der Waals surface area contributed by atoms with Gasteiger partial charge in [0.25, 0.3) is 0 Å². The summed E-state index contributed by atoms with van der Waals surface area (Å²) in [7, 11) is 0. The van der Waals surface area contributed by atoms with Crippen LogP contribution in [0.3, 0.4) is 0 Å². The number of pyridine rings is 2. The molecule has 2 N–H and O–H groups in total. The fourth-order valence-electron chi connectivity index (χ4n) is 4.77. The van der Waals surface area contributed by atoms with Gasteiger partial charge in [-0.05, 0) is 66.9 Å². The zero-order valence-corrected chi connectivity index (χ0v) is 25.3. The van der Waals surface area contributed by atoms with Crippen LogP contribution >= 0.6 is 22.7 Å². The average molecular weight is 600 g/mol. The molecule has 42 heavy (non-hydrogen) atoms. The summed E-state index contributed by atoms with van der Waals surface area (Å²) < 4.78 is 6.26. The highest BCUT2D eigenvalue weighted by Crippen LogP contribution is 2.24. The number of nitrogens with zero attached hydrogens (tertiary/aromatic N) is 6. The van der Waals surface area contributed by atoms with Crippen LogP contribution in [-0.4, -0.2) is 42.9 Å². The third-order valence-corrected chi connectivity index (χ3v) is 8.14. The maximum absolute atomic E-state index is 6.26. The number of unbranched alkanes of at least 4 members (excludes halogenated alkanes) is 1. The van der Waals surface area contributed by atoms with Crippen molar-refractivity contribution in [3.8, 4) is 5.75 Å². The molecule has 0 atom stereocenters. The predicted molar refractivity (Wildman–Crippen MR) is 169 cm³/mol. The number of hydrogen-bond acceptors (Lipinski definition) is 10. The van der Waals surface area contributed by atoms with Gasteiger partial charge < -0.3 is 10.5 Å². The highest BCUT2D eigenvalue weighted by Gasteiger charge is 2.15. The second kappa shape index (κ2) is 16.2. The zero-order valence-electron chi connectivity index (χ0n) is 23.7. The molecule has 0 bridgehead atoms. The highest BCUT2D eigenvalue weighted by atomic mass is 32.1. The van der Waals surface area contributed by atoms with Gasteiger partial charge >= 0.3 is 0 Å². The largest absolute Gasteiger partial charge is 0.494 e. The van der Waals surface area contributed by atoms with E-state index in [1.54, 1.807) is 22.7 Å². The molecule has 0 aliphatic rings. The Kier molecular flexibility index (Phi) is 11.5. The SMILES string of the molecule is NCCCCOc1cc(CN(Cc2ccccn2)Cc2nccs2)cc(CN(Cc2ccccn2)Cc2nccs2)c1. The Morgan fingerprint density at radius 2 is 1.19 bits per heavy atom. The van der Waals surface area contributed by atoms with Crippen molar-refractivity contribution in [2.24, 2.45) is 5.73 Å². The van der Waals surface area contributed by atoms with Crippen LogP contribution in [0.25, 0.3) is 0 Å². The minimum absolute atomic E-state index is 0.646. The highest BCUT2D eigenvalue weighted by molar-refractivity contribution is 7.09. The molecule has 0 saturated heterocycles. The molecule has 8 nitrogen and oxygen atoms in total. The second-order valence-electron chi connectivity index (χ2n) is 10.1. The Morgan fingerprint density at radius 3 is 1.64 bits per heavy atom. The summed E-state index contributed by atoms with van der Waals surface area (Å²) >= 11 is 3.36. The molecule has 10 heteroatoms. The fourth-order valence-corrected chi connectivity index (χ4v) is 6.08. The molecule has 1 aromatic carbocycles. The first-order chi connectivity index (χ1) is 20.7. The van der Waals surface area contributed by atoms with Gasteiger partial charge in [0.2, 0.25) is 0 Å². The smallest absolute Gasteiger partial charge is 0.119 e. The molecule has 4 aromatic heterocycles. The van der Waals surface area contributed by atoms with E-state index in [9.17, 15) is 0 Å². The lowest BCUT2D eigenvalue weighted by Gasteiger charge is -2.24. The molecule has 0 aliphatic heterocycles. The van der Waals surface area contributed by atoms with Gasteiger partial charge in [-0.15, -0.1) is 22.7 Å². The Balaban J connectivity index is 1.39. The molecule has 4 heterocycles. The maximum atomic E-state index is 6.26. The topological polar surface area (TPSA) is 93.3 Å². The van der Waals surface area contributed by atoms with Crippen LogP contribution < -0.4 is 10.5 Å². The van der Waals surface area contributed by atoms with Crippen molar-refractivity contribution in [2.45, 2.75) is 52.1 Å². The minimum atomic E-state index is 0.646. The molecule has 0 aliphatic carbocycles. The van der Waals surface area contributed by atoms with Gasteiger partial charge in [-0.25, -0.2) is 9.97 Å². The molecule has 0 unspecified atom stereocenters. The zero-order chi connectivity index (χ0) is 28.8. The molecular weight excluding hydrogens is 563 g/mol. The van der Waals surface area contributed by atoms with Crippen LogP contribution in [0, 0.1) is 0 Å². The second-order valence-corrected chi connectivity index (χ2v) is 12.1. The number of hydrogen-bond donors (Lipinski definition) is 1. The first-order valence-corrected chi connectivity index (χ1v) is 16.0. The molecule has 0 saturated carbocycles. The lowest BCUT2D eigenvalue weighted by Crippen LogP contribution is -2.24. The van der Waals surface area contributed by atoms with Crippen molar-refractivity contribution in [3.63, 3.8) is 0 Å². The van der Waals surface area contributed by atoms with Gasteiger partial charge in [0.05, 0.1) is 31.1 Å². The number of benzene rings is 1. The van der Waals surface area contributed by atoms with E-state index in [4.69, 9.17) is 10.5 Å². The van der Waals surface area contributed by atoms with Crippen molar-refractivity contribution in [1.82, 2.24) is 29.7 Å². The molecule has 0 spiro atoms. The maximum Gasteiger partial charge on any atom is 0.119 e. The van der Waals surface area contributed by atoms with Gasteiger partial charge in [0.15, 0.2) is 0 Å². The first-order valence-electron chi connectivity index (χ1n) is 14.2. The molecule has 0 fully saturated rings. The van der Waals surface area contributed by atoms with E-state index in [-0.39, 0.29) is 0 Å². The summed E-state index contributed by atoms with van der Waals surface area (Å²) in [6, 6.07) is 18.8. The van der Waals surface area contributed by atoms with E-state index in [1.807, 2.05) is 59.8 Å². The van der Waals surface area contributed by atoms with Gasteiger partial charge in [-0.1, -0.05) is 18.2 Å². The van der Waals surface area contributed by atoms with Crippen LogP contribution in [0.1, 0.15) is 45.4 Å². The Hall–Kier alpha value is -3.54. The van der Waals surface area contributed by atoms with E-state index in [0.717, 1.165) is 79.3 Å². The number of ether oxygens (including phenoxy) is 1. The molecule has 218 valence electrons. The molecule has 0 radical (unpaired) electrons. The van der Waals surface area contributed by atoms with Crippen LogP contribution in [0.15, 0.2) is 90.1 Å². The first kappa shape index (κ1) is 29.9. The van der Waals surface area contributed by atoms with E-state index >= 15 is 0 Å². The van der Waals surface area contributed by atoms with Crippen molar-refractivity contribution in [3.05, 3.63) is 123 Å². The summed E-state index contributed by atoms with van der Waals surface area (Å²) in [5.74, 6) is 0.888. The molecule has 5 rings (SSSR count). The van der Waals surface area contributed by atoms with Crippen LogP contribution in [-0.2, 0) is 39.3 Å². The fraction of sp³-hybridized carbons (Fsp3) is 0.312. The average Bonchev–Trinajstić information content (AvgIpc) is 3.71. The number of rotatable bonds is 17. The number of nitrogens with two attached hydrogens (primary N) is 1. The molecule has 0 amide bonds. The Bertz CT molecular complexity index is 1330. The lowest BCUT2D eigenvalue weighted by atomic mass is 10.1. The van der Waals surface area contributed by atoms with Crippen LogP contribution in [0.2, 0.25) is 0 Å². The lowest BCUT2D eigenvalue weighted by molar-refractivity contribution is 0.238. The van der Waals surface area contributed by atoms with Crippen molar-refractivity contribution in [1.29, 1.82) is 0 Å². The van der Waals surface area contributed by atoms with E-state index in [0.29, 0.717) is 13.2 Å². The van der Waals surface area contributed by atoms with Crippen molar-refractivity contribution in [2.75, 3.05) is 13.2 Å². The van der Waals surface area contributed by atoms with E-state index < -0.39 is 0 Å². The van der Waals surface area contributed by atoms with Crippen LogP contribution in [0.5, 0.6) is 5.75 Å². The van der Waals surface area contributed by atoms with Crippen molar-refractivity contribution < 1.29 is 4.74 Å². The standard InChI is InChI=1S/C32H37N7OS2/c33-9-3-6-14-40-30-18-26(20-38(24-31-36-12-15-41-31)22-28-7-1-4-10-34-28)17-27(19-30)21-39(25-32-37-13-16-42-32)23-29-8-2-5-11-35-29/h1-2,4-5,7-8,10-13,15-19H,3,6,9,14,20-25,33H2. The summed E-state index contributed by atoms with van der Waals surface area (Å²) in [6.45, 7) is 5.77. The van der Waals surface area contributed by atoms with Crippen LogP contribution in [0.4, 0.5) is 0 Å².